The topological polar surface area (TPSA) is 45.8 Å². The van der Waals surface area contributed by atoms with Gasteiger partial charge in [0.25, 0.3) is 5.56 Å². The van der Waals surface area contributed by atoms with E-state index < -0.39 is 0 Å². The van der Waals surface area contributed by atoms with Crippen molar-refractivity contribution in [3.63, 3.8) is 0 Å². The van der Waals surface area contributed by atoms with E-state index in [-0.39, 0.29) is 5.56 Å². The fraction of sp³-hybridized carbons (Fsp3) is 0.176. The van der Waals surface area contributed by atoms with Crippen LogP contribution in [0.3, 0.4) is 0 Å². The number of rotatable bonds is 2. The minimum Gasteiger partial charge on any atom is -0.267 e. The molecule has 0 aliphatic rings. The summed E-state index contributed by atoms with van der Waals surface area (Å²) in [5.74, 6) is 0. The number of aromatic nitrogens is 2. The van der Waals surface area contributed by atoms with E-state index >= 15 is 0 Å². The molecule has 0 radical (unpaired) electrons. The molecule has 0 unspecified atom stereocenters. The molecule has 0 atom stereocenters. The Kier molecular flexibility index (Phi) is 3.64. The van der Waals surface area contributed by atoms with Crippen molar-refractivity contribution in [2.45, 2.75) is 20.3 Å². The second kappa shape index (κ2) is 5.45. The summed E-state index contributed by atoms with van der Waals surface area (Å²) in [5.41, 5.74) is 4.22. The van der Waals surface area contributed by atoms with Gasteiger partial charge in [-0.3, -0.25) is 4.79 Å². The third-order valence-corrected chi connectivity index (χ3v) is 4.30. The number of aromatic amines is 1. The first-order valence-electron chi connectivity index (χ1n) is 6.77. The van der Waals surface area contributed by atoms with Crippen LogP contribution in [0, 0.1) is 13.8 Å². The molecule has 1 heterocycles. The highest BCUT2D eigenvalue weighted by molar-refractivity contribution is 9.10. The summed E-state index contributed by atoms with van der Waals surface area (Å²) in [4.78, 5) is 12.0. The molecule has 2 aromatic carbocycles. The Bertz CT molecular complexity index is 866. The zero-order valence-corrected chi connectivity index (χ0v) is 13.5. The van der Waals surface area contributed by atoms with Crippen LogP contribution in [0.5, 0.6) is 0 Å². The van der Waals surface area contributed by atoms with Crippen LogP contribution in [0.2, 0.25) is 0 Å². The number of hydrogen-bond acceptors (Lipinski definition) is 2. The van der Waals surface area contributed by atoms with Gasteiger partial charge in [0.15, 0.2) is 0 Å². The van der Waals surface area contributed by atoms with E-state index in [1.165, 1.54) is 5.56 Å². The first-order chi connectivity index (χ1) is 10.0. The maximum atomic E-state index is 12.0. The molecule has 4 heteroatoms. The Morgan fingerprint density at radius 1 is 1.05 bits per heavy atom. The second-order valence-corrected chi connectivity index (χ2v) is 6.20. The van der Waals surface area contributed by atoms with Gasteiger partial charge in [0.1, 0.15) is 0 Å². The molecule has 21 heavy (non-hydrogen) atoms. The Morgan fingerprint density at radius 2 is 1.67 bits per heavy atom. The molecule has 0 spiro atoms. The van der Waals surface area contributed by atoms with Crippen LogP contribution in [0.15, 0.2) is 45.7 Å². The molecule has 3 rings (SSSR count). The molecular weight excluding hydrogens is 328 g/mol. The molecule has 1 N–H and O–H groups in total. The number of halogens is 1. The summed E-state index contributed by atoms with van der Waals surface area (Å²) in [6, 6.07) is 12.1. The largest absolute Gasteiger partial charge is 0.272 e. The predicted octanol–water partition coefficient (Wildman–Crippen LogP) is 3.89. The average molecular weight is 343 g/mol. The third kappa shape index (κ3) is 2.76. The van der Waals surface area contributed by atoms with E-state index in [4.69, 9.17) is 0 Å². The lowest BCUT2D eigenvalue weighted by molar-refractivity contribution is 0.933. The van der Waals surface area contributed by atoms with Gasteiger partial charge in [0.2, 0.25) is 0 Å². The van der Waals surface area contributed by atoms with Gasteiger partial charge < -0.3 is 0 Å². The minimum atomic E-state index is -0.132. The number of benzene rings is 2. The van der Waals surface area contributed by atoms with Crippen molar-refractivity contribution in [1.29, 1.82) is 0 Å². The summed E-state index contributed by atoms with van der Waals surface area (Å²) in [7, 11) is 0. The molecule has 0 aliphatic carbocycles. The van der Waals surface area contributed by atoms with Crippen LogP contribution in [0.4, 0.5) is 0 Å². The van der Waals surface area contributed by atoms with Crippen molar-refractivity contribution >= 4 is 26.7 Å². The first kappa shape index (κ1) is 14.0. The van der Waals surface area contributed by atoms with Crippen molar-refractivity contribution in [3.8, 4) is 0 Å². The van der Waals surface area contributed by atoms with Crippen LogP contribution < -0.4 is 5.56 Å². The number of hydrogen-bond donors (Lipinski definition) is 1. The lowest BCUT2D eigenvalue weighted by Gasteiger charge is -2.08. The van der Waals surface area contributed by atoms with Crippen LogP contribution in [0.1, 0.15) is 22.4 Å². The molecule has 1 aromatic heterocycles. The Morgan fingerprint density at radius 3 is 2.33 bits per heavy atom. The standard InChI is InChI=1S/C17H15BrN2O/c1-10-7-14-15(8-11(10)2)17(21)20-19-16(14)9-12-3-5-13(18)6-4-12/h3-8H,9H2,1-2H3,(H,20,21). The number of nitrogens with zero attached hydrogens (tertiary/aromatic N) is 1. The number of aryl methyl sites for hydroxylation is 2. The van der Waals surface area contributed by atoms with Gasteiger partial charge in [-0.2, -0.15) is 5.10 Å². The SMILES string of the molecule is Cc1cc2c(Cc3ccc(Br)cc3)n[nH]c(=O)c2cc1C. The fourth-order valence-electron chi connectivity index (χ4n) is 2.41. The molecule has 0 saturated carbocycles. The summed E-state index contributed by atoms with van der Waals surface area (Å²) >= 11 is 3.43. The van der Waals surface area contributed by atoms with Gasteiger partial charge in [-0.1, -0.05) is 28.1 Å². The van der Waals surface area contributed by atoms with Crippen LogP contribution in [0.25, 0.3) is 10.8 Å². The van der Waals surface area contributed by atoms with Gasteiger partial charge in [-0.05, 0) is 54.8 Å². The highest BCUT2D eigenvalue weighted by Gasteiger charge is 2.09. The lowest BCUT2D eigenvalue weighted by Crippen LogP contribution is -2.12. The maximum Gasteiger partial charge on any atom is 0.272 e. The Balaban J connectivity index is 2.14. The van der Waals surface area contributed by atoms with E-state index in [1.54, 1.807) is 0 Å². The molecule has 0 aliphatic heterocycles. The van der Waals surface area contributed by atoms with E-state index in [2.05, 4.69) is 51.3 Å². The van der Waals surface area contributed by atoms with Gasteiger partial charge in [-0.25, -0.2) is 5.10 Å². The van der Waals surface area contributed by atoms with Gasteiger partial charge >= 0.3 is 0 Å². The predicted molar refractivity (Wildman–Crippen MR) is 88.8 cm³/mol. The molecule has 0 bridgehead atoms. The lowest BCUT2D eigenvalue weighted by atomic mass is 10.00. The number of nitrogens with one attached hydrogen (secondary N) is 1. The first-order valence-corrected chi connectivity index (χ1v) is 7.57. The molecular formula is C17H15BrN2O. The highest BCUT2D eigenvalue weighted by Crippen LogP contribution is 2.21. The van der Waals surface area contributed by atoms with Gasteiger partial charge in [0.05, 0.1) is 11.1 Å². The Hall–Kier alpha value is -1.94. The summed E-state index contributed by atoms with van der Waals surface area (Å²) in [6.07, 6.45) is 0.697. The van der Waals surface area contributed by atoms with Crippen LogP contribution >= 0.6 is 15.9 Å². The molecule has 0 amide bonds. The molecule has 0 fully saturated rings. The van der Waals surface area contributed by atoms with Crippen molar-refractivity contribution in [3.05, 3.63) is 73.6 Å². The van der Waals surface area contributed by atoms with Crippen molar-refractivity contribution in [2.24, 2.45) is 0 Å². The van der Waals surface area contributed by atoms with Crippen LogP contribution in [-0.4, -0.2) is 10.2 Å². The van der Waals surface area contributed by atoms with E-state index in [0.29, 0.717) is 11.8 Å². The highest BCUT2D eigenvalue weighted by atomic mass is 79.9. The van der Waals surface area contributed by atoms with Crippen LogP contribution in [-0.2, 0) is 6.42 Å². The van der Waals surface area contributed by atoms with Crippen molar-refractivity contribution in [1.82, 2.24) is 10.2 Å². The fourth-order valence-corrected chi connectivity index (χ4v) is 2.68. The van der Waals surface area contributed by atoms with E-state index in [9.17, 15) is 4.79 Å². The number of fused-ring (bicyclic) bond motifs is 1. The molecule has 3 nitrogen and oxygen atoms in total. The third-order valence-electron chi connectivity index (χ3n) is 3.77. The quantitative estimate of drug-likeness (QED) is 0.767. The van der Waals surface area contributed by atoms with E-state index in [1.807, 2.05) is 25.1 Å². The van der Waals surface area contributed by atoms with Crippen molar-refractivity contribution < 1.29 is 0 Å². The van der Waals surface area contributed by atoms with Crippen molar-refractivity contribution in [2.75, 3.05) is 0 Å². The summed E-state index contributed by atoms with van der Waals surface area (Å²) in [6.45, 7) is 4.07. The van der Waals surface area contributed by atoms with Gasteiger partial charge in [0, 0.05) is 16.3 Å². The molecule has 3 aromatic rings. The second-order valence-electron chi connectivity index (χ2n) is 5.28. The normalized spacial score (nSPS) is 11.0. The van der Waals surface area contributed by atoms with Gasteiger partial charge in [-0.15, -0.1) is 0 Å². The average Bonchev–Trinajstić information content (AvgIpc) is 2.46. The summed E-state index contributed by atoms with van der Waals surface area (Å²) < 4.78 is 1.05. The molecule has 106 valence electrons. The monoisotopic (exact) mass is 342 g/mol. The zero-order chi connectivity index (χ0) is 15.0. The zero-order valence-electron chi connectivity index (χ0n) is 11.9. The molecule has 0 saturated heterocycles. The maximum absolute atomic E-state index is 12.0. The Labute approximate surface area is 131 Å². The minimum absolute atomic E-state index is 0.132. The number of H-pyrrole nitrogens is 1. The smallest absolute Gasteiger partial charge is 0.267 e. The summed E-state index contributed by atoms with van der Waals surface area (Å²) in [5, 5.41) is 8.50. The van der Waals surface area contributed by atoms with E-state index in [0.717, 1.165) is 26.7 Å².